The maximum absolute atomic E-state index is 13.1. The molecule has 3 aromatic heterocycles. The van der Waals surface area contributed by atoms with E-state index >= 15 is 0 Å². The van der Waals surface area contributed by atoms with Gasteiger partial charge in [-0.15, -0.1) is 0 Å². The van der Waals surface area contributed by atoms with Crippen molar-refractivity contribution in [1.82, 2.24) is 24.5 Å². The number of hydrogen-bond donors (Lipinski definition) is 1. The number of alkyl halides is 5. The monoisotopic (exact) mass is 481 g/mol. The van der Waals surface area contributed by atoms with Crippen LogP contribution in [0.3, 0.4) is 0 Å². The first-order valence-electron chi connectivity index (χ1n) is 10.4. The summed E-state index contributed by atoms with van der Waals surface area (Å²) in [6.07, 6.45) is -0.313. The Hall–Kier alpha value is -3.69. The van der Waals surface area contributed by atoms with Crippen molar-refractivity contribution in [2.75, 3.05) is 11.9 Å². The van der Waals surface area contributed by atoms with Gasteiger partial charge in [-0.3, -0.25) is 9.20 Å². The molecule has 1 aliphatic rings. The normalized spacial score (nSPS) is 18.8. The number of amides is 1. The summed E-state index contributed by atoms with van der Waals surface area (Å²) < 4.78 is 66.6. The van der Waals surface area contributed by atoms with Crippen molar-refractivity contribution < 1.29 is 26.7 Å². The molecular formula is C21H20F5N7O. The molecule has 0 aliphatic heterocycles. The summed E-state index contributed by atoms with van der Waals surface area (Å²) in [5.41, 5.74) is -1.37. The van der Waals surface area contributed by atoms with E-state index in [1.54, 1.807) is 25.2 Å². The summed E-state index contributed by atoms with van der Waals surface area (Å²) >= 11 is 0. The lowest BCUT2D eigenvalue weighted by Crippen LogP contribution is -2.43. The van der Waals surface area contributed by atoms with Gasteiger partial charge >= 0.3 is 12.7 Å². The number of hydrogen-bond acceptors (Lipinski definition) is 5. The molecule has 1 fully saturated rings. The van der Waals surface area contributed by atoms with Crippen LogP contribution in [-0.4, -0.2) is 44.2 Å². The minimum absolute atomic E-state index is 0.00624. The highest BCUT2D eigenvalue weighted by molar-refractivity contribution is 5.96. The van der Waals surface area contributed by atoms with E-state index in [-0.39, 0.29) is 33.7 Å². The molecule has 1 saturated carbocycles. The fraction of sp³-hybridized carbons (Fsp3) is 0.429. The summed E-state index contributed by atoms with van der Waals surface area (Å²) in [6, 6.07) is 6.28. The van der Waals surface area contributed by atoms with Gasteiger partial charge in [0.15, 0.2) is 11.4 Å². The zero-order valence-electron chi connectivity index (χ0n) is 17.9. The largest absolute Gasteiger partial charge is 0.434 e. The molecule has 3 aromatic rings. The maximum Gasteiger partial charge on any atom is 0.434 e. The third kappa shape index (κ3) is 4.52. The van der Waals surface area contributed by atoms with Gasteiger partial charge in [0.1, 0.15) is 17.5 Å². The molecule has 0 aromatic carbocycles. The highest BCUT2D eigenvalue weighted by Crippen LogP contribution is 2.32. The Morgan fingerprint density at radius 2 is 1.94 bits per heavy atom. The number of nitriles is 1. The maximum atomic E-state index is 13.1. The van der Waals surface area contributed by atoms with Crippen LogP contribution >= 0.6 is 0 Å². The zero-order valence-corrected chi connectivity index (χ0v) is 17.9. The number of imidazole rings is 1. The molecule has 13 heteroatoms. The number of carbonyl (C=O) groups is 1. The number of anilines is 1. The van der Waals surface area contributed by atoms with Crippen molar-refractivity contribution in [3.8, 4) is 6.07 Å². The topological polar surface area (TPSA) is 91.2 Å². The third-order valence-corrected chi connectivity index (χ3v) is 5.98. The molecule has 0 saturated heterocycles. The number of nitrogens with zero attached hydrogens (tertiary/aromatic N) is 6. The number of fused-ring (bicyclic) bond motifs is 1. The number of rotatable bonds is 5. The Labute approximate surface area is 190 Å². The lowest BCUT2D eigenvalue weighted by Gasteiger charge is -2.36. The number of nitrogens with one attached hydrogen (secondary N) is 1. The molecule has 180 valence electrons. The van der Waals surface area contributed by atoms with E-state index in [0.29, 0.717) is 31.5 Å². The van der Waals surface area contributed by atoms with Crippen molar-refractivity contribution in [3.05, 3.63) is 47.5 Å². The molecule has 1 amide bonds. The molecular weight excluding hydrogens is 461 g/mol. The predicted molar refractivity (Wildman–Crippen MR) is 110 cm³/mol. The van der Waals surface area contributed by atoms with Crippen LogP contribution in [0.2, 0.25) is 0 Å². The highest BCUT2D eigenvalue weighted by atomic mass is 19.4. The van der Waals surface area contributed by atoms with Gasteiger partial charge in [-0.1, -0.05) is 6.07 Å². The van der Waals surface area contributed by atoms with E-state index < -0.39 is 24.3 Å². The van der Waals surface area contributed by atoms with Crippen LogP contribution in [0.1, 0.15) is 54.0 Å². The van der Waals surface area contributed by atoms with E-state index in [4.69, 9.17) is 5.26 Å². The number of carbonyl (C=O) groups excluding carboxylic acids is 1. The van der Waals surface area contributed by atoms with Crippen molar-refractivity contribution in [2.24, 2.45) is 0 Å². The van der Waals surface area contributed by atoms with Gasteiger partial charge < -0.3 is 10.2 Å². The number of halogens is 5. The van der Waals surface area contributed by atoms with Gasteiger partial charge in [-0.05, 0) is 37.8 Å². The Balaban J connectivity index is 1.42. The summed E-state index contributed by atoms with van der Waals surface area (Å²) in [4.78, 5) is 18.1. The van der Waals surface area contributed by atoms with E-state index in [1.165, 1.54) is 10.5 Å². The third-order valence-electron chi connectivity index (χ3n) is 5.98. The zero-order chi connectivity index (χ0) is 24.6. The predicted octanol–water partition coefficient (Wildman–Crippen LogP) is 3.99. The quantitative estimate of drug-likeness (QED) is 0.557. The molecule has 0 spiro atoms. The van der Waals surface area contributed by atoms with E-state index in [9.17, 15) is 26.7 Å². The molecule has 0 radical (unpaired) electrons. The average molecular weight is 481 g/mol. The standard InChI is InChI=1S/C21H20F5N7O/c1-31(18-4-2-3-17-29-16(11-32(17)18)21(24,25)26)13-7-5-12(6-8-13)28-19(34)14-10-33(20(22)23)30-15(14)9-27/h2-4,10-13,20H,5-8H2,1H3,(H,28,34)/t12-,13+. The van der Waals surface area contributed by atoms with Gasteiger partial charge in [0.05, 0.1) is 5.56 Å². The van der Waals surface area contributed by atoms with Gasteiger partial charge in [0.25, 0.3) is 5.91 Å². The molecule has 0 bridgehead atoms. The Morgan fingerprint density at radius 1 is 1.24 bits per heavy atom. The SMILES string of the molecule is CN(c1cccc2nc(C(F)(F)F)cn12)[C@H]1CC[C@@H](NC(=O)c2cn(C(F)F)nc2C#N)CC1. The first-order chi connectivity index (χ1) is 16.1. The van der Waals surface area contributed by atoms with Gasteiger partial charge in [-0.2, -0.15) is 32.3 Å². The Kier molecular flexibility index (Phi) is 6.16. The molecule has 1 aliphatic carbocycles. The van der Waals surface area contributed by atoms with Gasteiger partial charge in [-0.25, -0.2) is 9.67 Å². The Morgan fingerprint density at radius 3 is 2.56 bits per heavy atom. The molecule has 1 N–H and O–H groups in total. The summed E-state index contributed by atoms with van der Waals surface area (Å²) in [5, 5.41) is 15.2. The van der Waals surface area contributed by atoms with E-state index in [2.05, 4.69) is 15.4 Å². The van der Waals surface area contributed by atoms with Crippen LogP contribution in [-0.2, 0) is 6.18 Å². The number of pyridine rings is 1. The molecule has 4 rings (SSSR count). The second kappa shape index (κ2) is 8.92. The average Bonchev–Trinajstić information content (AvgIpc) is 3.43. The lowest BCUT2D eigenvalue weighted by molar-refractivity contribution is -0.140. The van der Waals surface area contributed by atoms with Crippen LogP contribution < -0.4 is 10.2 Å². The van der Waals surface area contributed by atoms with Crippen LogP contribution in [0.25, 0.3) is 5.65 Å². The minimum atomic E-state index is -4.55. The first-order valence-corrected chi connectivity index (χ1v) is 10.4. The van der Waals surface area contributed by atoms with Crippen LogP contribution in [0.4, 0.5) is 27.8 Å². The van der Waals surface area contributed by atoms with Crippen LogP contribution in [0, 0.1) is 11.3 Å². The van der Waals surface area contributed by atoms with E-state index in [0.717, 1.165) is 12.4 Å². The van der Waals surface area contributed by atoms with Crippen molar-refractivity contribution in [3.63, 3.8) is 0 Å². The van der Waals surface area contributed by atoms with E-state index in [1.807, 2.05) is 4.90 Å². The second-order valence-electron chi connectivity index (χ2n) is 8.09. The van der Waals surface area contributed by atoms with Crippen molar-refractivity contribution in [1.29, 1.82) is 5.26 Å². The minimum Gasteiger partial charge on any atom is -0.358 e. The second-order valence-corrected chi connectivity index (χ2v) is 8.09. The summed E-state index contributed by atoms with van der Waals surface area (Å²) in [7, 11) is 1.80. The summed E-state index contributed by atoms with van der Waals surface area (Å²) in [5.74, 6) is -0.0887. The lowest BCUT2D eigenvalue weighted by atomic mass is 9.90. The fourth-order valence-electron chi connectivity index (χ4n) is 4.22. The highest BCUT2D eigenvalue weighted by Gasteiger charge is 2.34. The summed E-state index contributed by atoms with van der Waals surface area (Å²) in [6.45, 7) is -2.97. The molecule has 0 atom stereocenters. The molecule has 8 nitrogen and oxygen atoms in total. The number of aromatic nitrogens is 4. The van der Waals surface area contributed by atoms with Gasteiger partial charge in [0, 0.05) is 31.5 Å². The van der Waals surface area contributed by atoms with Crippen LogP contribution in [0.5, 0.6) is 0 Å². The molecule has 0 unspecified atom stereocenters. The fourth-order valence-corrected chi connectivity index (χ4v) is 4.22. The first kappa shape index (κ1) is 23.5. The van der Waals surface area contributed by atoms with Crippen LogP contribution in [0.15, 0.2) is 30.6 Å². The Bertz CT molecular complexity index is 1230. The van der Waals surface area contributed by atoms with Crippen molar-refractivity contribution >= 4 is 17.4 Å². The van der Waals surface area contributed by atoms with Crippen molar-refractivity contribution in [2.45, 2.75) is 50.5 Å². The molecule has 3 heterocycles. The smallest absolute Gasteiger partial charge is 0.358 e. The van der Waals surface area contributed by atoms with Gasteiger partial charge in [0.2, 0.25) is 0 Å². The molecule has 34 heavy (non-hydrogen) atoms.